The molecule has 0 saturated carbocycles. The molecule has 1 saturated heterocycles. The number of urea groups is 1. The minimum atomic E-state index is -0.211. The minimum Gasteiger partial charge on any atom is -0.497 e. The first-order chi connectivity index (χ1) is 15.4. The highest BCUT2D eigenvalue weighted by Gasteiger charge is 2.29. The number of benzene rings is 2. The Morgan fingerprint density at radius 2 is 1.50 bits per heavy atom. The van der Waals surface area contributed by atoms with Crippen molar-refractivity contribution in [3.05, 3.63) is 48.0 Å². The number of hydrogen-bond donors (Lipinski definition) is 1. The monoisotopic (exact) mass is 441 g/mol. The van der Waals surface area contributed by atoms with Gasteiger partial charge < -0.3 is 29.3 Å². The van der Waals surface area contributed by atoms with E-state index < -0.39 is 0 Å². The van der Waals surface area contributed by atoms with Gasteiger partial charge in [-0.25, -0.2) is 4.79 Å². The average molecular weight is 442 g/mol. The summed E-state index contributed by atoms with van der Waals surface area (Å²) < 4.78 is 15.9. The maximum absolute atomic E-state index is 13.4. The number of methoxy groups -OCH3 is 3. The molecule has 32 heavy (non-hydrogen) atoms. The van der Waals surface area contributed by atoms with Crippen molar-refractivity contribution in [2.45, 2.75) is 32.4 Å². The van der Waals surface area contributed by atoms with E-state index in [4.69, 9.17) is 14.2 Å². The van der Waals surface area contributed by atoms with Crippen LogP contribution in [0.1, 0.15) is 25.3 Å². The number of carbonyl (C=O) groups excluding carboxylic acids is 2. The van der Waals surface area contributed by atoms with E-state index in [2.05, 4.69) is 5.32 Å². The van der Waals surface area contributed by atoms with Crippen LogP contribution in [-0.4, -0.2) is 62.2 Å². The molecule has 0 spiro atoms. The largest absolute Gasteiger partial charge is 0.497 e. The van der Waals surface area contributed by atoms with E-state index in [1.807, 2.05) is 34.1 Å². The standard InChI is InChI=1S/C24H31N3O5/c1-17(28)26-11-9-20(10-12-26)27(16-18-5-7-21(30-2)8-6-18)24(29)25-19-13-22(31-3)15-23(14-19)32-4/h5-8,13-15,20H,9-12,16H2,1-4H3,(H,25,29). The Morgan fingerprint density at radius 3 is 2.00 bits per heavy atom. The fourth-order valence-electron chi connectivity index (χ4n) is 3.86. The van der Waals surface area contributed by atoms with E-state index in [1.54, 1.807) is 46.5 Å². The summed E-state index contributed by atoms with van der Waals surface area (Å²) >= 11 is 0. The van der Waals surface area contributed by atoms with Crippen LogP contribution >= 0.6 is 0 Å². The molecule has 0 atom stereocenters. The highest BCUT2D eigenvalue weighted by atomic mass is 16.5. The normalized spacial score (nSPS) is 13.9. The molecule has 0 bridgehead atoms. The first kappa shape index (κ1) is 23.2. The van der Waals surface area contributed by atoms with Crippen molar-refractivity contribution in [3.8, 4) is 17.2 Å². The van der Waals surface area contributed by atoms with Crippen molar-refractivity contribution in [2.24, 2.45) is 0 Å². The fraction of sp³-hybridized carbons (Fsp3) is 0.417. The number of rotatable bonds is 7. The number of piperidine rings is 1. The number of ether oxygens (including phenoxy) is 3. The molecule has 1 aliphatic rings. The van der Waals surface area contributed by atoms with Gasteiger partial charge in [-0.15, -0.1) is 0 Å². The summed E-state index contributed by atoms with van der Waals surface area (Å²) in [6.07, 6.45) is 1.45. The zero-order valence-electron chi connectivity index (χ0n) is 19.1. The Kier molecular flexibility index (Phi) is 7.81. The number of nitrogens with one attached hydrogen (secondary N) is 1. The number of amides is 3. The number of likely N-dealkylation sites (tertiary alicyclic amines) is 1. The Morgan fingerprint density at radius 1 is 0.938 bits per heavy atom. The molecule has 8 heteroatoms. The lowest BCUT2D eigenvalue weighted by molar-refractivity contribution is -0.130. The molecule has 172 valence electrons. The molecule has 1 heterocycles. The summed E-state index contributed by atoms with van der Waals surface area (Å²) in [6, 6.07) is 12.7. The molecule has 3 amide bonds. The molecule has 0 aromatic heterocycles. The second-order valence-corrected chi connectivity index (χ2v) is 7.74. The number of nitrogens with zero attached hydrogens (tertiary/aromatic N) is 2. The molecule has 0 aliphatic carbocycles. The van der Waals surface area contributed by atoms with Gasteiger partial charge in [-0.1, -0.05) is 12.1 Å². The van der Waals surface area contributed by atoms with E-state index >= 15 is 0 Å². The van der Waals surface area contributed by atoms with Crippen LogP contribution in [0.3, 0.4) is 0 Å². The Balaban J connectivity index is 1.80. The molecule has 1 aliphatic heterocycles. The summed E-state index contributed by atoms with van der Waals surface area (Å²) in [5.41, 5.74) is 1.59. The lowest BCUT2D eigenvalue weighted by Crippen LogP contribution is -2.49. The van der Waals surface area contributed by atoms with Crippen molar-refractivity contribution >= 4 is 17.6 Å². The molecular formula is C24H31N3O5. The van der Waals surface area contributed by atoms with Crippen LogP contribution < -0.4 is 19.5 Å². The predicted octanol–water partition coefficient (Wildman–Crippen LogP) is 3.76. The molecule has 3 rings (SSSR count). The summed E-state index contributed by atoms with van der Waals surface area (Å²) in [5, 5.41) is 2.99. The minimum absolute atomic E-state index is 0.0141. The molecule has 0 unspecified atom stereocenters. The SMILES string of the molecule is COc1ccc(CN(C(=O)Nc2cc(OC)cc(OC)c2)C2CCN(C(C)=O)CC2)cc1. The van der Waals surface area contributed by atoms with Crippen LogP contribution in [0.4, 0.5) is 10.5 Å². The highest BCUT2D eigenvalue weighted by Crippen LogP contribution is 2.27. The third-order valence-electron chi connectivity index (χ3n) is 5.73. The van der Waals surface area contributed by atoms with E-state index in [0.717, 1.165) is 24.2 Å². The van der Waals surface area contributed by atoms with E-state index in [1.165, 1.54) is 0 Å². The maximum Gasteiger partial charge on any atom is 0.322 e. The van der Waals surface area contributed by atoms with Crippen molar-refractivity contribution < 1.29 is 23.8 Å². The summed E-state index contributed by atoms with van der Waals surface area (Å²) in [6.45, 7) is 3.30. The van der Waals surface area contributed by atoms with Gasteiger partial charge in [0.2, 0.25) is 5.91 Å². The molecule has 1 N–H and O–H groups in total. The Hall–Kier alpha value is -3.42. The fourth-order valence-corrected chi connectivity index (χ4v) is 3.86. The topological polar surface area (TPSA) is 80.3 Å². The molecule has 2 aromatic rings. The molecule has 1 fully saturated rings. The van der Waals surface area contributed by atoms with Crippen LogP contribution in [0.5, 0.6) is 17.2 Å². The Bertz CT molecular complexity index is 901. The van der Waals surface area contributed by atoms with Gasteiger partial charge in [0, 0.05) is 56.5 Å². The van der Waals surface area contributed by atoms with Gasteiger partial charge in [0.25, 0.3) is 0 Å². The van der Waals surface area contributed by atoms with Crippen LogP contribution in [0.2, 0.25) is 0 Å². The maximum atomic E-state index is 13.4. The molecule has 0 radical (unpaired) electrons. The van der Waals surface area contributed by atoms with Gasteiger partial charge in [-0.2, -0.15) is 0 Å². The van der Waals surface area contributed by atoms with E-state index in [-0.39, 0.29) is 18.0 Å². The quantitative estimate of drug-likeness (QED) is 0.708. The van der Waals surface area contributed by atoms with Gasteiger partial charge in [-0.05, 0) is 30.5 Å². The van der Waals surface area contributed by atoms with Crippen molar-refractivity contribution in [2.75, 3.05) is 39.7 Å². The van der Waals surface area contributed by atoms with Crippen molar-refractivity contribution in [3.63, 3.8) is 0 Å². The van der Waals surface area contributed by atoms with E-state index in [9.17, 15) is 9.59 Å². The summed E-state index contributed by atoms with van der Waals surface area (Å²) in [5.74, 6) is 2.02. The lowest BCUT2D eigenvalue weighted by atomic mass is 10.0. The van der Waals surface area contributed by atoms with Crippen LogP contribution in [0, 0.1) is 0 Å². The molecular weight excluding hydrogens is 410 g/mol. The van der Waals surface area contributed by atoms with Gasteiger partial charge in [0.15, 0.2) is 0 Å². The first-order valence-electron chi connectivity index (χ1n) is 10.6. The molecule has 2 aromatic carbocycles. The summed E-state index contributed by atoms with van der Waals surface area (Å²) in [4.78, 5) is 28.8. The highest BCUT2D eigenvalue weighted by molar-refractivity contribution is 5.90. The average Bonchev–Trinajstić information content (AvgIpc) is 2.82. The second kappa shape index (κ2) is 10.7. The zero-order chi connectivity index (χ0) is 23.1. The predicted molar refractivity (Wildman–Crippen MR) is 122 cm³/mol. The first-order valence-corrected chi connectivity index (χ1v) is 10.6. The van der Waals surface area contributed by atoms with Crippen LogP contribution in [-0.2, 0) is 11.3 Å². The number of carbonyl (C=O) groups is 2. The third-order valence-corrected chi connectivity index (χ3v) is 5.73. The van der Waals surface area contributed by atoms with Gasteiger partial charge in [0.05, 0.1) is 21.3 Å². The lowest BCUT2D eigenvalue weighted by Gasteiger charge is -2.38. The summed E-state index contributed by atoms with van der Waals surface area (Å²) in [7, 11) is 4.76. The number of anilines is 1. The van der Waals surface area contributed by atoms with Crippen LogP contribution in [0.25, 0.3) is 0 Å². The molecule has 8 nitrogen and oxygen atoms in total. The van der Waals surface area contributed by atoms with Gasteiger partial charge in [-0.3, -0.25) is 4.79 Å². The van der Waals surface area contributed by atoms with Crippen molar-refractivity contribution in [1.82, 2.24) is 9.80 Å². The number of hydrogen-bond acceptors (Lipinski definition) is 5. The smallest absolute Gasteiger partial charge is 0.322 e. The van der Waals surface area contributed by atoms with Gasteiger partial charge >= 0.3 is 6.03 Å². The van der Waals surface area contributed by atoms with E-state index in [0.29, 0.717) is 36.8 Å². The van der Waals surface area contributed by atoms with Crippen LogP contribution in [0.15, 0.2) is 42.5 Å². The second-order valence-electron chi connectivity index (χ2n) is 7.74. The third kappa shape index (κ3) is 5.84. The Labute approximate surface area is 189 Å². The van der Waals surface area contributed by atoms with Gasteiger partial charge in [0.1, 0.15) is 17.2 Å². The van der Waals surface area contributed by atoms with Crippen molar-refractivity contribution in [1.29, 1.82) is 0 Å². The zero-order valence-corrected chi connectivity index (χ0v) is 19.1.